The minimum atomic E-state index is -0.0152. The molecular weight excluding hydrogens is 271 g/mol. The number of hydrogen-bond acceptors (Lipinski definition) is 2. The van der Waals surface area contributed by atoms with Crippen molar-refractivity contribution in [3.8, 4) is 0 Å². The van der Waals surface area contributed by atoms with Gasteiger partial charge in [0.05, 0.1) is 0 Å². The van der Waals surface area contributed by atoms with Crippen LogP contribution in [0.5, 0.6) is 0 Å². The van der Waals surface area contributed by atoms with E-state index in [0.29, 0.717) is 16.6 Å². The maximum atomic E-state index is 10.7. The average molecular weight is 289 g/mol. The number of amides is 1. The predicted octanol–water partition coefficient (Wildman–Crippen LogP) is 2.65. The summed E-state index contributed by atoms with van der Waals surface area (Å²) in [4.78, 5) is 10.7. The van der Waals surface area contributed by atoms with Crippen molar-refractivity contribution < 1.29 is 4.79 Å². The molecule has 0 unspecified atom stereocenters. The zero-order valence-corrected chi connectivity index (χ0v) is 12.1. The second kappa shape index (κ2) is 7.62. The first-order chi connectivity index (χ1) is 8.50. The van der Waals surface area contributed by atoms with Crippen LogP contribution in [-0.2, 0) is 11.2 Å². The molecule has 18 heavy (non-hydrogen) atoms. The lowest BCUT2D eigenvalue weighted by molar-refractivity contribution is -0.118. The number of hydrogen-bond donors (Lipinski definition) is 2. The van der Waals surface area contributed by atoms with E-state index in [-0.39, 0.29) is 11.9 Å². The molecular formula is C13H18Cl2N2O. The van der Waals surface area contributed by atoms with E-state index in [2.05, 4.69) is 17.6 Å². The lowest BCUT2D eigenvalue weighted by atomic mass is 10.1. The Balaban J connectivity index is 2.40. The van der Waals surface area contributed by atoms with Crippen molar-refractivity contribution in [3.05, 3.63) is 33.8 Å². The minimum absolute atomic E-state index is 0.0152. The highest BCUT2D eigenvalue weighted by Crippen LogP contribution is 2.25. The molecule has 5 heteroatoms. The van der Waals surface area contributed by atoms with Gasteiger partial charge in [-0.3, -0.25) is 4.79 Å². The third-order valence-electron chi connectivity index (χ3n) is 2.56. The van der Waals surface area contributed by atoms with Crippen LogP contribution in [0.15, 0.2) is 18.2 Å². The summed E-state index contributed by atoms with van der Waals surface area (Å²) >= 11 is 12.2. The van der Waals surface area contributed by atoms with Crippen LogP contribution in [-0.4, -0.2) is 25.0 Å². The SMILES string of the molecule is CC(=O)NCCN[C@H](C)Cc1c(Cl)cccc1Cl. The smallest absolute Gasteiger partial charge is 0.216 e. The highest BCUT2D eigenvalue weighted by Gasteiger charge is 2.09. The summed E-state index contributed by atoms with van der Waals surface area (Å²) in [5.41, 5.74) is 0.959. The number of nitrogens with one attached hydrogen (secondary N) is 2. The van der Waals surface area contributed by atoms with Gasteiger partial charge in [0, 0.05) is 36.1 Å². The van der Waals surface area contributed by atoms with E-state index in [9.17, 15) is 4.79 Å². The Morgan fingerprint density at radius 2 is 1.89 bits per heavy atom. The standard InChI is InChI=1S/C13H18Cl2N2O/c1-9(16-6-7-17-10(2)18)8-11-12(14)4-3-5-13(11)15/h3-5,9,16H,6-8H2,1-2H3,(H,17,18)/t9-/m1/s1. The second-order valence-electron chi connectivity index (χ2n) is 4.24. The third-order valence-corrected chi connectivity index (χ3v) is 3.27. The summed E-state index contributed by atoms with van der Waals surface area (Å²) in [7, 11) is 0. The van der Waals surface area contributed by atoms with Gasteiger partial charge in [0.2, 0.25) is 5.91 Å². The molecule has 100 valence electrons. The summed E-state index contributed by atoms with van der Waals surface area (Å²) in [5, 5.41) is 7.43. The quantitative estimate of drug-likeness (QED) is 0.790. The van der Waals surface area contributed by atoms with E-state index in [1.807, 2.05) is 18.2 Å². The van der Waals surface area contributed by atoms with Crippen molar-refractivity contribution in [2.75, 3.05) is 13.1 Å². The van der Waals surface area contributed by atoms with Crippen LogP contribution in [0, 0.1) is 0 Å². The van der Waals surface area contributed by atoms with E-state index < -0.39 is 0 Å². The molecule has 0 heterocycles. The summed E-state index contributed by atoms with van der Waals surface area (Å²) < 4.78 is 0. The van der Waals surface area contributed by atoms with Crippen molar-refractivity contribution in [2.45, 2.75) is 26.3 Å². The molecule has 0 fully saturated rings. The molecule has 0 aliphatic rings. The van der Waals surface area contributed by atoms with Gasteiger partial charge in [0.15, 0.2) is 0 Å². The van der Waals surface area contributed by atoms with Crippen LogP contribution in [0.4, 0.5) is 0 Å². The monoisotopic (exact) mass is 288 g/mol. The topological polar surface area (TPSA) is 41.1 Å². The number of benzene rings is 1. The van der Waals surface area contributed by atoms with Gasteiger partial charge in [-0.1, -0.05) is 29.3 Å². The summed E-state index contributed by atoms with van der Waals surface area (Å²) in [6.45, 7) is 4.92. The van der Waals surface area contributed by atoms with E-state index in [4.69, 9.17) is 23.2 Å². The highest BCUT2D eigenvalue weighted by molar-refractivity contribution is 6.35. The Morgan fingerprint density at radius 1 is 1.28 bits per heavy atom. The fourth-order valence-corrected chi connectivity index (χ4v) is 2.21. The summed E-state index contributed by atoms with van der Waals surface area (Å²) in [6, 6.07) is 5.76. The van der Waals surface area contributed by atoms with Gasteiger partial charge in [0.1, 0.15) is 0 Å². The van der Waals surface area contributed by atoms with Crippen molar-refractivity contribution in [1.29, 1.82) is 0 Å². The van der Waals surface area contributed by atoms with Crippen molar-refractivity contribution in [1.82, 2.24) is 10.6 Å². The average Bonchev–Trinajstić information content (AvgIpc) is 2.29. The number of carbonyl (C=O) groups excluding carboxylic acids is 1. The molecule has 0 spiro atoms. The molecule has 3 nitrogen and oxygen atoms in total. The zero-order chi connectivity index (χ0) is 13.5. The largest absolute Gasteiger partial charge is 0.355 e. The van der Waals surface area contributed by atoms with E-state index in [0.717, 1.165) is 18.5 Å². The van der Waals surface area contributed by atoms with Crippen LogP contribution in [0.2, 0.25) is 10.0 Å². The lowest BCUT2D eigenvalue weighted by Crippen LogP contribution is -2.36. The first-order valence-electron chi connectivity index (χ1n) is 5.91. The Morgan fingerprint density at radius 3 is 2.44 bits per heavy atom. The number of rotatable bonds is 6. The summed E-state index contributed by atoms with van der Waals surface area (Å²) in [6.07, 6.45) is 0.762. The van der Waals surface area contributed by atoms with Crippen molar-refractivity contribution >= 4 is 29.1 Å². The lowest BCUT2D eigenvalue weighted by Gasteiger charge is -2.15. The van der Waals surface area contributed by atoms with Gasteiger partial charge >= 0.3 is 0 Å². The van der Waals surface area contributed by atoms with E-state index in [1.54, 1.807) is 0 Å². The van der Waals surface area contributed by atoms with Crippen molar-refractivity contribution in [2.24, 2.45) is 0 Å². The fraction of sp³-hybridized carbons (Fsp3) is 0.462. The third kappa shape index (κ3) is 5.25. The minimum Gasteiger partial charge on any atom is -0.355 e. The fourth-order valence-electron chi connectivity index (χ4n) is 1.66. The normalized spacial score (nSPS) is 12.2. The predicted molar refractivity (Wildman–Crippen MR) is 76.3 cm³/mol. The Hall–Kier alpha value is -0.770. The molecule has 2 N–H and O–H groups in total. The number of halogens is 2. The van der Waals surface area contributed by atoms with Gasteiger partial charge in [-0.05, 0) is 31.0 Å². The first-order valence-corrected chi connectivity index (χ1v) is 6.67. The van der Waals surface area contributed by atoms with Crippen LogP contribution < -0.4 is 10.6 Å². The van der Waals surface area contributed by atoms with Gasteiger partial charge in [-0.2, -0.15) is 0 Å². The molecule has 0 radical (unpaired) electrons. The Kier molecular flexibility index (Phi) is 6.47. The van der Waals surface area contributed by atoms with Crippen LogP contribution in [0.25, 0.3) is 0 Å². The van der Waals surface area contributed by atoms with Crippen molar-refractivity contribution in [3.63, 3.8) is 0 Å². The number of carbonyl (C=O) groups is 1. The van der Waals surface area contributed by atoms with E-state index >= 15 is 0 Å². The molecule has 0 aliphatic carbocycles. The second-order valence-corrected chi connectivity index (χ2v) is 5.06. The maximum Gasteiger partial charge on any atom is 0.216 e. The molecule has 0 saturated heterocycles. The van der Waals surface area contributed by atoms with Gasteiger partial charge in [0.25, 0.3) is 0 Å². The molecule has 1 amide bonds. The van der Waals surface area contributed by atoms with E-state index in [1.165, 1.54) is 6.92 Å². The molecule has 0 saturated carbocycles. The van der Waals surface area contributed by atoms with Gasteiger partial charge < -0.3 is 10.6 Å². The first kappa shape index (κ1) is 15.3. The van der Waals surface area contributed by atoms with Crippen LogP contribution in [0.1, 0.15) is 19.4 Å². The maximum absolute atomic E-state index is 10.7. The summed E-state index contributed by atoms with van der Waals surface area (Å²) in [5.74, 6) is -0.0152. The molecule has 1 aromatic carbocycles. The van der Waals surface area contributed by atoms with Crippen LogP contribution in [0.3, 0.4) is 0 Å². The molecule has 1 atom stereocenters. The molecule has 1 aromatic rings. The highest BCUT2D eigenvalue weighted by atomic mass is 35.5. The molecule has 0 bridgehead atoms. The molecule has 0 aliphatic heterocycles. The van der Waals surface area contributed by atoms with Gasteiger partial charge in [-0.15, -0.1) is 0 Å². The van der Waals surface area contributed by atoms with Gasteiger partial charge in [-0.25, -0.2) is 0 Å². The Bertz CT molecular complexity index is 390. The zero-order valence-electron chi connectivity index (χ0n) is 10.6. The Labute approximate surface area is 118 Å². The molecule has 0 aromatic heterocycles. The van der Waals surface area contributed by atoms with Crippen LogP contribution >= 0.6 is 23.2 Å². The molecule has 1 rings (SSSR count).